The molecule has 0 radical (unpaired) electrons. The van der Waals surface area contributed by atoms with Gasteiger partial charge in [0.2, 0.25) is 0 Å². The zero-order chi connectivity index (χ0) is 12.5. The Kier molecular flexibility index (Phi) is 3.31. The van der Waals surface area contributed by atoms with Crippen LogP contribution in [-0.2, 0) is 12.8 Å². The lowest BCUT2D eigenvalue weighted by atomic mass is 10.0. The number of aryl methyl sites for hydroxylation is 1. The van der Waals surface area contributed by atoms with Gasteiger partial charge in [0.25, 0.3) is 0 Å². The SMILES string of the molecule is O=C1CCCc2sc(Cc3ccccc3Br)nc21. The van der Waals surface area contributed by atoms with E-state index in [4.69, 9.17) is 0 Å². The van der Waals surface area contributed by atoms with E-state index in [9.17, 15) is 4.79 Å². The molecule has 0 fully saturated rings. The van der Waals surface area contributed by atoms with E-state index >= 15 is 0 Å². The summed E-state index contributed by atoms with van der Waals surface area (Å²) in [7, 11) is 0. The highest BCUT2D eigenvalue weighted by molar-refractivity contribution is 9.10. The molecule has 1 aromatic heterocycles. The summed E-state index contributed by atoms with van der Waals surface area (Å²) in [5.41, 5.74) is 1.95. The first-order chi connectivity index (χ1) is 8.74. The standard InChI is InChI=1S/C14H12BrNOS/c15-10-5-2-1-4-9(10)8-13-16-14-11(17)6-3-7-12(14)18-13/h1-2,4-5H,3,6-8H2. The van der Waals surface area contributed by atoms with Crippen LogP contribution in [-0.4, -0.2) is 10.8 Å². The number of hydrogen-bond donors (Lipinski definition) is 0. The molecule has 92 valence electrons. The Morgan fingerprint density at radius 1 is 1.28 bits per heavy atom. The summed E-state index contributed by atoms with van der Waals surface area (Å²) in [5.74, 6) is 0.214. The molecule has 3 rings (SSSR count). The van der Waals surface area contributed by atoms with Crippen LogP contribution in [0.4, 0.5) is 0 Å². The lowest BCUT2D eigenvalue weighted by molar-refractivity contribution is 0.0968. The van der Waals surface area contributed by atoms with Crippen LogP contribution in [0, 0.1) is 0 Å². The Labute approximate surface area is 118 Å². The predicted octanol–water partition coefficient (Wildman–Crippen LogP) is 4.02. The first kappa shape index (κ1) is 12.1. The van der Waals surface area contributed by atoms with E-state index in [2.05, 4.69) is 27.0 Å². The summed E-state index contributed by atoms with van der Waals surface area (Å²) in [6.45, 7) is 0. The Hall–Kier alpha value is -1.000. The number of thiazole rings is 1. The van der Waals surface area contributed by atoms with E-state index in [0.29, 0.717) is 6.42 Å². The third-order valence-corrected chi connectivity index (χ3v) is 5.00. The maximum Gasteiger partial charge on any atom is 0.182 e. The van der Waals surface area contributed by atoms with Crippen LogP contribution in [0.15, 0.2) is 28.7 Å². The maximum atomic E-state index is 11.8. The molecule has 0 saturated carbocycles. The fourth-order valence-corrected chi connectivity index (χ4v) is 3.77. The van der Waals surface area contributed by atoms with Crippen molar-refractivity contribution >= 4 is 33.0 Å². The van der Waals surface area contributed by atoms with Crippen LogP contribution >= 0.6 is 27.3 Å². The molecule has 1 aromatic carbocycles. The van der Waals surface area contributed by atoms with Crippen molar-refractivity contribution in [2.24, 2.45) is 0 Å². The highest BCUT2D eigenvalue weighted by atomic mass is 79.9. The molecule has 18 heavy (non-hydrogen) atoms. The molecule has 0 amide bonds. The van der Waals surface area contributed by atoms with Crippen LogP contribution in [0.25, 0.3) is 0 Å². The van der Waals surface area contributed by atoms with Gasteiger partial charge >= 0.3 is 0 Å². The van der Waals surface area contributed by atoms with Gasteiger partial charge in [-0.3, -0.25) is 4.79 Å². The van der Waals surface area contributed by atoms with Crippen molar-refractivity contribution in [3.8, 4) is 0 Å². The molecular formula is C14H12BrNOS. The van der Waals surface area contributed by atoms with Gasteiger partial charge in [0, 0.05) is 22.2 Å². The Bertz CT molecular complexity index is 606. The van der Waals surface area contributed by atoms with Crippen molar-refractivity contribution in [2.75, 3.05) is 0 Å². The van der Waals surface area contributed by atoms with Crippen molar-refractivity contribution in [3.63, 3.8) is 0 Å². The van der Waals surface area contributed by atoms with E-state index in [0.717, 1.165) is 34.4 Å². The molecule has 0 N–H and O–H groups in total. The van der Waals surface area contributed by atoms with Gasteiger partial charge < -0.3 is 0 Å². The number of nitrogens with zero attached hydrogens (tertiary/aromatic N) is 1. The summed E-state index contributed by atoms with van der Waals surface area (Å²) in [6, 6.07) is 8.16. The van der Waals surface area contributed by atoms with Crippen LogP contribution in [0.5, 0.6) is 0 Å². The van der Waals surface area contributed by atoms with Gasteiger partial charge in [-0.1, -0.05) is 34.1 Å². The average Bonchev–Trinajstić information content (AvgIpc) is 2.76. The van der Waals surface area contributed by atoms with Crippen molar-refractivity contribution < 1.29 is 4.79 Å². The lowest BCUT2D eigenvalue weighted by Gasteiger charge is -2.06. The summed E-state index contributed by atoms with van der Waals surface area (Å²) in [6.07, 6.45) is 3.44. The third-order valence-electron chi connectivity index (χ3n) is 3.11. The second-order valence-electron chi connectivity index (χ2n) is 4.42. The van der Waals surface area contributed by atoms with Crippen molar-refractivity contribution in [3.05, 3.63) is 49.9 Å². The zero-order valence-corrected chi connectivity index (χ0v) is 12.2. The fraction of sp³-hybridized carbons (Fsp3) is 0.286. The van der Waals surface area contributed by atoms with Crippen LogP contribution < -0.4 is 0 Å². The predicted molar refractivity (Wildman–Crippen MR) is 76.3 cm³/mol. The molecule has 2 aromatic rings. The summed E-state index contributed by atoms with van der Waals surface area (Å²) < 4.78 is 1.10. The summed E-state index contributed by atoms with van der Waals surface area (Å²) >= 11 is 5.24. The maximum absolute atomic E-state index is 11.8. The van der Waals surface area contributed by atoms with Crippen molar-refractivity contribution in [1.29, 1.82) is 0 Å². The van der Waals surface area contributed by atoms with Gasteiger partial charge in [-0.05, 0) is 24.5 Å². The monoisotopic (exact) mass is 321 g/mol. The van der Waals surface area contributed by atoms with E-state index in [1.165, 1.54) is 10.4 Å². The molecule has 0 spiro atoms. The number of halogens is 1. The second-order valence-corrected chi connectivity index (χ2v) is 6.45. The van der Waals surface area contributed by atoms with E-state index in [1.54, 1.807) is 11.3 Å². The zero-order valence-electron chi connectivity index (χ0n) is 9.78. The quantitative estimate of drug-likeness (QED) is 0.836. The van der Waals surface area contributed by atoms with Gasteiger partial charge in [-0.2, -0.15) is 0 Å². The highest BCUT2D eigenvalue weighted by Gasteiger charge is 2.22. The van der Waals surface area contributed by atoms with Gasteiger partial charge in [-0.15, -0.1) is 11.3 Å². The van der Waals surface area contributed by atoms with Crippen molar-refractivity contribution in [1.82, 2.24) is 4.98 Å². The van der Waals surface area contributed by atoms with Crippen LogP contribution in [0.1, 0.15) is 38.8 Å². The van der Waals surface area contributed by atoms with Gasteiger partial charge in [0.05, 0.1) is 5.01 Å². The minimum absolute atomic E-state index is 0.214. The van der Waals surface area contributed by atoms with E-state index in [1.807, 2.05) is 18.2 Å². The average molecular weight is 322 g/mol. The number of benzene rings is 1. The summed E-state index contributed by atoms with van der Waals surface area (Å²) in [4.78, 5) is 17.4. The number of hydrogen-bond acceptors (Lipinski definition) is 3. The molecule has 4 heteroatoms. The molecule has 0 aliphatic heterocycles. The number of carbonyl (C=O) groups excluding carboxylic acids is 1. The second kappa shape index (κ2) is 4.94. The first-order valence-corrected chi connectivity index (χ1v) is 7.60. The number of carbonyl (C=O) groups is 1. The molecule has 1 aliphatic carbocycles. The van der Waals surface area contributed by atoms with Crippen LogP contribution in [0.3, 0.4) is 0 Å². The minimum Gasteiger partial charge on any atom is -0.292 e. The Balaban J connectivity index is 1.90. The molecule has 0 unspecified atom stereocenters. The molecule has 2 nitrogen and oxygen atoms in total. The molecule has 1 heterocycles. The number of fused-ring (bicyclic) bond motifs is 1. The minimum atomic E-state index is 0.214. The van der Waals surface area contributed by atoms with Gasteiger partial charge in [0.1, 0.15) is 5.69 Å². The van der Waals surface area contributed by atoms with Crippen LogP contribution in [0.2, 0.25) is 0 Å². The number of rotatable bonds is 2. The number of ketones is 1. The fourth-order valence-electron chi connectivity index (χ4n) is 2.20. The van der Waals surface area contributed by atoms with E-state index < -0.39 is 0 Å². The number of Topliss-reactive ketones (excluding diaryl/α,β-unsaturated/α-hetero) is 1. The van der Waals surface area contributed by atoms with Gasteiger partial charge in [-0.25, -0.2) is 4.98 Å². The smallest absolute Gasteiger partial charge is 0.182 e. The Morgan fingerprint density at radius 3 is 2.89 bits per heavy atom. The molecule has 1 aliphatic rings. The molecule has 0 bridgehead atoms. The first-order valence-electron chi connectivity index (χ1n) is 5.99. The number of aromatic nitrogens is 1. The summed E-state index contributed by atoms with van der Waals surface area (Å²) in [5, 5.41) is 1.04. The Morgan fingerprint density at radius 2 is 2.11 bits per heavy atom. The highest BCUT2D eigenvalue weighted by Crippen LogP contribution is 2.29. The lowest BCUT2D eigenvalue weighted by Crippen LogP contribution is -2.08. The third kappa shape index (κ3) is 2.27. The largest absolute Gasteiger partial charge is 0.292 e. The van der Waals surface area contributed by atoms with Crippen molar-refractivity contribution in [2.45, 2.75) is 25.7 Å². The topological polar surface area (TPSA) is 30.0 Å². The van der Waals surface area contributed by atoms with E-state index in [-0.39, 0.29) is 5.78 Å². The normalized spacial score (nSPS) is 14.6. The molecule has 0 saturated heterocycles. The molecular weight excluding hydrogens is 310 g/mol. The molecule has 0 atom stereocenters. The van der Waals surface area contributed by atoms with Gasteiger partial charge in [0.15, 0.2) is 5.78 Å².